The molecule has 1 aliphatic heterocycles. The Kier molecular flexibility index (Phi) is 5.69. The van der Waals surface area contributed by atoms with Gasteiger partial charge in [-0.15, -0.1) is 0 Å². The summed E-state index contributed by atoms with van der Waals surface area (Å²) in [6, 6.07) is 13.9. The van der Waals surface area contributed by atoms with E-state index in [-0.39, 0.29) is 9.79 Å². The molecule has 0 atom stereocenters. The molecule has 156 valence electrons. The van der Waals surface area contributed by atoms with Gasteiger partial charge in [0.2, 0.25) is 15.8 Å². The van der Waals surface area contributed by atoms with Gasteiger partial charge in [0.1, 0.15) is 0 Å². The number of morpholine rings is 1. The third-order valence-electron chi connectivity index (χ3n) is 5.00. The zero-order valence-corrected chi connectivity index (χ0v) is 17.8. The van der Waals surface area contributed by atoms with Crippen molar-refractivity contribution in [3.8, 4) is 11.1 Å². The standard InChI is InChI=1S/C22H24N4O3S/c1-25(2)22-23-15-18(16-24-22)17-12-19(26-8-10-29-11-9-26)14-21(13-17)30(27,28)20-6-4-3-5-7-20/h3-7,12-16H,8-11H2,1-2H3. The summed E-state index contributed by atoms with van der Waals surface area (Å²) in [5.41, 5.74) is 2.38. The second kappa shape index (κ2) is 8.41. The van der Waals surface area contributed by atoms with E-state index >= 15 is 0 Å². The van der Waals surface area contributed by atoms with Crippen molar-refractivity contribution in [1.29, 1.82) is 0 Å². The smallest absolute Gasteiger partial charge is 0.224 e. The highest BCUT2D eigenvalue weighted by Gasteiger charge is 2.21. The van der Waals surface area contributed by atoms with Crippen LogP contribution in [-0.2, 0) is 14.6 Å². The third kappa shape index (κ3) is 4.15. The maximum absolute atomic E-state index is 13.3. The highest BCUT2D eigenvalue weighted by Crippen LogP contribution is 2.32. The van der Waals surface area contributed by atoms with Gasteiger partial charge >= 0.3 is 0 Å². The summed E-state index contributed by atoms with van der Waals surface area (Å²) in [5, 5.41) is 0. The highest BCUT2D eigenvalue weighted by atomic mass is 32.2. The molecule has 0 spiro atoms. The Morgan fingerprint density at radius 3 is 2.20 bits per heavy atom. The van der Waals surface area contributed by atoms with Crippen molar-refractivity contribution in [2.75, 3.05) is 50.2 Å². The lowest BCUT2D eigenvalue weighted by atomic mass is 10.1. The predicted octanol–water partition coefficient (Wildman–Crippen LogP) is 2.88. The molecule has 0 saturated carbocycles. The number of ether oxygens (including phenoxy) is 1. The molecular weight excluding hydrogens is 400 g/mol. The third-order valence-corrected chi connectivity index (χ3v) is 6.75. The quantitative estimate of drug-likeness (QED) is 0.623. The number of hydrogen-bond acceptors (Lipinski definition) is 7. The monoisotopic (exact) mass is 424 g/mol. The first-order valence-electron chi connectivity index (χ1n) is 9.73. The Labute approximate surface area is 176 Å². The Morgan fingerprint density at radius 1 is 0.900 bits per heavy atom. The average Bonchev–Trinajstić information content (AvgIpc) is 2.80. The van der Waals surface area contributed by atoms with Crippen molar-refractivity contribution >= 4 is 21.5 Å². The fourth-order valence-corrected chi connectivity index (χ4v) is 4.69. The predicted molar refractivity (Wildman–Crippen MR) is 117 cm³/mol. The van der Waals surface area contributed by atoms with E-state index in [1.54, 1.807) is 54.9 Å². The van der Waals surface area contributed by atoms with Crippen LogP contribution in [0.2, 0.25) is 0 Å². The Balaban J connectivity index is 1.82. The lowest BCUT2D eigenvalue weighted by Crippen LogP contribution is -2.36. The maximum atomic E-state index is 13.3. The largest absolute Gasteiger partial charge is 0.378 e. The lowest BCUT2D eigenvalue weighted by molar-refractivity contribution is 0.122. The van der Waals surface area contributed by atoms with Crippen LogP contribution in [0.15, 0.2) is 70.7 Å². The maximum Gasteiger partial charge on any atom is 0.224 e. The molecule has 4 rings (SSSR count). The Hall–Kier alpha value is -2.97. The number of aromatic nitrogens is 2. The minimum Gasteiger partial charge on any atom is -0.378 e. The Morgan fingerprint density at radius 2 is 1.57 bits per heavy atom. The van der Waals surface area contributed by atoms with E-state index in [1.807, 2.05) is 25.1 Å². The molecule has 3 aromatic rings. The van der Waals surface area contributed by atoms with Crippen molar-refractivity contribution in [3.63, 3.8) is 0 Å². The fourth-order valence-electron chi connectivity index (χ4n) is 3.35. The van der Waals surface area contributed by atoms with Crippen LogP contribution in [0.1, 0.15) is 0 Å². The molecule has 0 aliphatic carbocycles. The molecule has 1 fully saturated rings. The Bertz CT molecular complexity index is 1110. The van der Waals surface area contributed by atoms with Gasteiger partial charge in [-0.05, 0) is 35.9 Å². The number of benzene rings is 2. The summed E-state index contributed by atoms with van der Waals surface area (Å²) in [7, 11) is 0.0880. The molecule has 0 amide bonds. The molecule has 1 aliphatic rings. The van der Waals surface area contributed by atoms with E-state index in [9.17, 15) is 8.42 Å². The van der Waals surface area contributed by atoms with Crippen LogP contribution < -0.4 is 9.80 Å². The van der Waals surface area contributed by atoms with E-state index in [1.165, 1.54) is 0 Å². The molecule has 0 radical (unpaired) electrons. The number of sulfone groups is 1. The summed E-state index contributed by atoms with van der Waals surface area (Å²) >= 11 is 0. The fraction of sp³-hybridized carbons (Fsp3) is 0.273. The topological polar surface area (TPSA) is 75.6 Å². The molecule has 8 heteroatoms. The molecule has 7 nitrogen and oxygen atoms in total. The average molecular weight is 425 g/mol. The highest BCUT2D eigenvalue weighted by molar-refractivity contribution is 7.91. The molecule has 0 N–H and O–H groups in total. The zero-order valence-electron chi connectivity index (χ0n) is 17.0. The van der Waals surface area contributed by atoms with Gasteiger partial charge in [0.05, 0.1) is 23.0 Å². The summed E-state index contributed by atoms with van der Waals surface area (Å²) in [6.07, 6.45) is 3.44. The van der Waals surface area contributed by atoms with Gasteiger partial charge in [-0.1, -0.05) is 18.2 Å². The van der Waals surface area contributed by atoms with Gasteiger partial charge < -0.3 is 14.5 Å². The second-order valence-corrected chi connectivity index (χ2v) is 9.25. The van der Waals surface area contributed by atoms with E-state index < -0.39 is 9.84 Å². The van der Waals surface area contributed by atoms with Gasteiger partial charge in [-0.25, -0.2) is 18.4 Å². The molecule has 0 unspecified atom stereocenters. The van der Waals surface area contributed by atoms with E-state index in [2.05, 4.69) is 14.9 Å². The lowest BCUT2D eigenvalue weighted by Gasteiger charge is -2.29. The van der Waals surface area contributed by atoms with Gasteiger partial charge in [0.15, 0.2) is 0 Å². The summed E-state index contributed by atoms with van der Waals surface area (Å²) in [5.74, 6) is 0.597. The first-order chi connectivity index (χ1) is 14.4. The van der Waals surface area contributed by atoms with E-state index in [0.717, 1.165) is 16.8 Å². The van der Waals surface area contributed by atoms with Crippen molar-refractivity contribution in [3.05, 3.63) is 60.9 Å². The van der Waals surface area contributed by atoms with Crippen LogP contribution in [0.5, 0.6) is 0 Å². The van der Waals surface area contributed by atoms with E-state index in [0.29, 0.717) is 32.3 Å². The molecule has 30 heavy (non-hydrogen) atoms. The van der Waals surface area contributed by atoms with Crippen LogP contribution in [0.25, 0.3) is 11.1 Å². The second-order valence-electron chi connectivity index (χ2n) is 7.30. The molecule has 1 aromatic heterocycles. The minimum absolute atomic E-state index is 0.254. The SMILES string of the molecule is CN(C)c1ncc(-c2cc(N3CCOCC3)cc(S(=O)(=O)c3ccccc3)c2)cn1. The minimum atomic E-state index is -3.66. The normalized spacial score (nSPS) is 14.5. The van der Waals surface area contributed by atoms with Crippen LogP contribution in [0.3, 0.4) is 0 Å². The van der Waals surface area contributed by atoms with Crippen molar-refractivity contribution in [1.82, 2.24) is 9.97 Å². The molecular formula is C22H24N4O3S. The van der Waals surface area contributed by atoms with Crippen molar-refractivity contribution in [2.45, 2.75) is 9.79 Å². The molecule has 2 aromatic carbocycles. The summed E-state index contributed by atoms with van der Waals surface area (Å²) in [4.78, 5) is 13.2. The number of hydrogen-bond donors (Lipinski definition) is 0. The number of rotatable bonds is 5. The molecule has 2 heterocycles. The molecule has 0 bridgehead atoms. The van der Waals surface area contributed by atoms with Crippen LogP contribution in [0, 0.1) is 0 Å². The summed E-state index contributed by atoms with van der Waals surface area (Å²) < 4.78 is 32.1. The zero-order chi connectivity index (χ0) is 21.1. The van der Waals surface area contributed by atoms with Crippen LogP contribution in [-0.4, -0.2) is 58.8 Å². The van der Waals surface area contributed by atoms with E-state index in [4.69, 9.17) is 4.74 Å². The number of nitrogens with zero attached hydrogens (tertiary/aromatic N) is 4. The number of anilines is 2. The van der Waals surface area contributed by atoms with Crippen LogP contribution >= 0.6 is 0 Å². The van der Waals surface area contributed by atoms with Crippen molar-refractivity contribution in [2.24, 2.45) is 0 Å². The van der Waals surface area contributed by atoms with Gasteiger partial charge in [0, 0.05) is 50.8 Å². The van der Waals surface area contributed by atoms with Crippen molar-refractivity contribution < 1.29 is 13.2 Å². The van der Waals surface area contributed by atoms with Gasteiger partial charge in [-0.2, -0.15) is 0 Å². The molecule has 1 saturated heterocycles. The first-order valence-corrected chi connectivity index (χ1v) is 11.2. The first kappa shape index (κ1) is 20.3. The van der Waals surface area contributed by atoms with Gasteiger partial charge in [-0.3, -0.25) is 0 Å². The van der Waals surface area contributed by atoms with Crippen LogP contribution in [0.4, 0.5) is 11.6 Å². The van der Waals surface area contributed by atoms with Gasteiger partial charge in [0.25, 0.3) is 0 Å². The summed E-state index contributed by atoms with van der Waals surface area (Å²) in [6.45, 7) is 2.66.